The van der Waals surface area contributed by atoms with Crippen LogP contribution in [0.4, 0.5) is 4.39 Å². The molecule has 28 heavy (non-hydrogen) atoms. The van der Waals surface area contributed by atoms with Crippen molar-refractivity contribution in [2.45, 2.75) is 10.8 Å². The largest absolute Gasteiger partial charge is 0.339 e. The third-order valence-corrected chi connectivity index (χ3v) is 6.48. The molecule has 0 aliphatic carbocycles. The molecule has 3 aromatic heterocycles. The van der Waals surface area contributed by atoms with Crippen molar-refractivity contribution in [3.05, 3.63) is 60.6 Å². The quantitative estimate of drug-likeness (QED) is 0.513. The summed E-state index contributed by atoms with van der Waals surface area (Å²) in [7, 11) is -3.71. The number of aromatic nitrogens is 5. The highest BCUT2D eigenvalue weighted by Crippen LogP contribution is 2.33. The summed E-state index contributed by atoms with van der Waals surface area (Å²) >= 11 is 0. The van der Waals surface area contributed by atoms with E-state index in [9.17, 15) is 12.8 Å². The zero-order valence-corrected chi connectivity index (χ0v) is 15.1. The van der Waals surface area contributed by atoms with Gasteiger partial charge < -0.3 is 4.52 Å². The summed E-state index contributed by atoms with van der Waals surface area (Å²) in [5.74, 6) is 0.139. The van der Waals surface area contributed by atoms with Gasteiger partial charge in [-0.15, -0.1) is 0 Å². The van der Waals surface area contributed by atoms with Crippen LogP contribution in [0.3, 0.4) is 0 Å². The minimum absolute atomic E-state index is 0.100. The van der Waals surface area contributed by atoms with Gasteiger partial charge in [0.15, 0.2) is 5.65 Å². The van der Waals surface area contributed by atoms with Crippen LogP contribution in [0.25, 0.3) is 17.0 Å². The Bertz CT molecular complexity index is 1260. The molecule has 5 rings (SSSR count). The molecule has 4 heterocycles. The number of rotatable bonds is 4. The van der Waals surface area contributed by atoms with E-state index in [4.69, 9.17) is 4.52 Å². The lowest BCUT2D eigenvalue weighted by Gasteiger charge is -2.35. The molecular formula is C17H13FN6O3S. The Morgan fingerprint density at radius 1 is 1.14 bits per heavy atom. The lowest BCUT2D eigenvalue weighted by Crippen LogP contribution is -2.48. The summed E-state index contributed by atoms with van der Waals surface area (Å²) < 4.78 is 46.9. The molecule has 0 spiro atoms. The SMILES string of the molecule is O=S(=O)(c1cccn2ncnc12)N1CC(c2nc(-c3ccc(F)cc3)no2)C1. The number of pyridine rings is 1. The first-order valence-electron chi connectivity index (χ1n) is 8.40. The predicted molar refractivity (Wildman–Crippen MR) is 94.2 cm³/mol. The third-order valence-electron chi connectivity index (χ3n) is 4.63. The fourth-order valence-corrected chi connectivity index (χ4v) is 4.73. The molecule has 11 heteroatoms. The second-order valence-corrected chi connectivity index (χ2v) is 8.29. The minimum atomic E-state index is -3.71. The Morgan fingerprint density at radius 2 is 1.93 bits per heavy atom. The summed E-state index contributed by atoms with van der Waals surface area (Å²) in [5, 5.41) is 7.86. The van der Waals surface area contributed by atoms with E-state index in [0.717, 1.165) is 0 Å². The molecular weight excluding hydrogens is 387 g/mol. The van der Waals surface area contributed by atoms with Crippen molar-refractivity contribution in [3.8, 4) is 11.4 Å². The maximum Gasteiger partial charge on any atom is 0.246 e. The molecule has 4 aromatic rings. The second kappa shape index (κ2) is 6.17. The van der Waals surface area contributed by atoms with Crippen LogP contribution in [0, 0.1) is 5.82 Å². The van der Waals surface area contributed by atoms with Crippen molar-refractivity contribution in [1.82, 2.24) is 29.0 Å². The van der Waals surface area contributed by atoms with Crippen LogP contribution in [0.2, 0.25) is 0 Å². The number of benzene rings is 1. The standard InChI is InChI=1S/C17H13FN6O3S/c18-13-5-3-11(4-6-13)15-21-17(27-22-15)12-8-23(9-12)28(25,26)14-2-1-7-24-16(14)19-10-20-24/h1-7,10,12H,8-9H2. The summed E-state index contributed by atoms with van der Waals surface area (Å²) in [6.07, 6.45) is 2.94. The predicted octanol–water partition coefficient (Wildman–Crippen LogP) is 1.71. The molecule has 0 radical (unpaired) electrons. The van der Waals surface area contributed by atoms with E-state index < -0.39 is 10.0 Å². The maximum absolute atomic E-state index is 13.0. The van der Waals surface area contributed by atoms with E-state index in [1.54, 1.807) is 24.4 Å². The zero-order valence-electron chi connectivity index (χ0n) is 14.3. The molecule has 0 bridgehead atoms. The van der Waals surface area contributed by atoms with Crippen LogP contribution in [-0.4, -0.2) is 50.6 Å². The summed E-state index contributed by atoms with van der Waals surface area (Å²) in [6.45, 7) is 0.450. The van der Waals surface area contributed by atoms with E-state index in [1.807, 2.05) is 0 Å². The van der Waals surface area contributed by atoms with E-state index >= 15 is 0 Å². The van der Waals surface area contributed by atoms with Crippen LogP contribution in [0.5, 0.6) is 0 Å². The number of halogens is 1. The number of hydrogen-bond acceptors (Lipinski definition) is 7. The van der Waals surface area contributed by atoms with E-state index in [2.05, 4.69) is 20.2 Å². The molecule has 1 aromatic carbocycles. The smallest absolute Gasteiger partial charge is 0.246 e. The van der Waals surface area contributed by atoms with Crippen molar-refractivity contribution < 1.29 is 17.3 Å². The van der Waals surface area contributed by atoms with Crippen LogP contribution < -0.4 is 0 Å². The van der Waals surface area contributed by atoms with E-state index in [1.165, 1.54) is 33.3 Å². The number of nitrogens with zero attached hydrogens (tertiary/aromatic N) is 6. The molecule has 142 valence electrons. The average Bonchev–Trinajstić information content (AvgIpc) is 3.30. The van der Waals surface area contributed by atoms with Gasteiger partial charge >= 0.3 is 0 Å². The first-order valence-corrected chi connectivity index (χ1v) is 9.84. The number of sulfonamides is 1. The van der Waals surface area contributed by atoms with Gasteiger partial charge in [-0.05, 0) is 36.4 Å². The van der Waals surface area contributed by atoms with Crippen molar-refractivity contribution in [2.75, 3.05) is 13.1 Å². The van der Waals surface area contributed by atoms with E-state index in [0.29, 0.717) is 17.3 Å². The minimum Gasteiger partial charge on any atom is -0.339 e. The molecule has 0 N–H and O–H groups in total. The van der Waals surface area contributed by atoms with Gasteiger partial charge in [0.2, 0.25) is 21.7 Å². The van der Waals surface area contributed by atoms with Crippen molar-refractivity contribution >= 4 is 15.7 Å². The number of hydrogen-bond donors (Lipinski definition) is 0. The molecule has 9 nitrogen and oxygen atoms in total. The van der Waals surface area contributed by atoms with Gasteiger partial charge in [0.25, 0.3) is 0 Å². The Balaban J connectivity index is 1.35. The average molecular weight is 400 g/mol. The van der Waals surface area contributed by atoms with Gasteiger partial charge in [0.05, 0.1) is 5.92 Å². The molecule has 0 unspecified atom stereocenters. The summed E-state index contributed by atoms with van der Waals surface area (Å²) in [5.41, 5.74) is 0.904. The monoisotopic (exact) mass is 400 g/mol. The normalized spacial score (nSPS) is 15.8. The van der Waals surface area contributed by atoms with E-state index in [-0.39, 0.29) is 35.4 Å². The van der Waals surface area contributed by atoms with Gasteiger partial charge in [-0.2, -0.15) is 14.4 Å². The highest BCUT2D eigenvalue weighted by atomic mass is 32.2. The third kappa shape index (κ3) is 2.67. The van der Waals surface area contributed by atoms with Crippen LogP contribution in [-0.2, 0) is 10.0 Å². The van der Waals surface area contributed by atoms with Gasteiger partial charge in [-0.3, -0.25) is 0 Å². The van der Waals surface area contributed by atoms with Gasteiger partial charge in [-0.1, -0.05) is 5.16 Å². The summed E-state index contributed by atoms with van der Waals surface area (Å²) in [6, 6.07) is 8.86. The van der Waals surface area contributed by atoms with Gasteiger partial charge in [0, 0.05) is 24.8 Å². The fraction of sp³-hybridized carbons (Fsp3) is 0.176. The molecule has 0 atom stereocenters. The van der Waals surface area contributed by atoms with Gasteiger partial charge in [0.1, 0.15) is 17.0 Å². The molecule has 1 aliphatic rings. The first-order chi connectivity index (χ1) is 13.5. The molecule has 1 saturated heterocycles. The van der Waals surface area contributed by atoms with Crippen LogP contribution >= 0.6 is 0 Å². The lowest BCUT2D eigenvalue weighted by atomic mass is 10.0. The molecule has 1 aliphatic heterocycles. The lowest BCUT2D eigenvalue weighted by molar-refractivity contribution is 0.217. The van der Waals surface area contributed by atoms with Crippen molar-refractivity contribution in [3.63, 3.8) is 0 Å². The molecule has 0 saturated carbocycles. The van der Waals surface area contributed by atoms with Crippen LogP contribution in [0.15, 0.2) is 58.3 Å². The zero-order chi connectivity index (χ0) is 19.3. The topological polar surface area (TPSA) is 106 Å². The summed E-state index contributed by atoms with van der Waals surface area (Å²) in [4.78, 5) is 8.44. The maximum atomic E-state index is 13.0. The van der Waals surface area contributed by atoms with Crippen molar-refractivity contribution in [1.29, 1.82) is 0 Å². The molecule has 0 amide bonds. The number of fused-ring (bicyclic) bond motifs is 1. The second-order valence-electron chi connectivity index (χ2n) is 6.38. The van der Waals surface area contributed by atoms with Crippen LogP contribution in [0.1, 0.15) is 11.8 Å². The fourth-order valence-electron chi connectivity index (χ4n) is 3.07. The Hall–Kier alpha value is -3.18. The first kappa shape index (κ1) is 17.0. The highest BCUT2D eigenvalue weighted by Gasteiger charge is 2.41. The molecule has 1 fully saturated rings. The Labute approximate surface area is 158 Å². The van der Waals surface area contributed by atoms with Crippen molar-refractivity contribution in [2.24, 2.45) is 0 Å². The Kier molecular flexibility index (Phi) is 3.74. The Morgan fingerprint density at radius 3 is 2.71 bits per heavy atom. The highest BCUT2D eigenvalue weighted by molar-refractivity contribution is 7.89. The van der Waals surface area contributed by atoms with Gasteiger partial charge in [-0.25, -0.2) is 22.3 Å².